The molecule has 0 aromatic rings. The van der Waals surface area contributed by atoms with Crippen LogP contribution in [0, 0.1) is 0 Å². The van der Waals surface area contributed by atoms with Gasteiger partial charge in [-0.15, -0.1) is 0 Å². The van der Waals surface area contributed by atoms with Gasteiger partial charge in [-0.2, -0.15) is 0 Å². The van der Waals surface area contributed by atoms with Crippen molar-refractivity contribution in [2.75, 3.05) is 13.2 Å². The summed E-state index contributed by atoms with van der Waals surface area (Å²) in [5.41, 5.74) is 0. The minimum atomic E-state index is -1.21. The van der Waals surface area contributed by atoms with Crippen LogP contribution in [0.15, 0.2) is 0 Å². The Morgan fingerprint density at radius 3 is 2.12 bits per heavy atom. The molecule has 1 aliphatic rings. The molecule has 0 aromatic heterocycles. The van der Waals surface area contributed by atoms with Gasteiger partial charge in [0.15, 0.2) is 0 Å². The van der Waals surface area contributed by atoms with Gasteiger partial charge in [0.25, 0.3) is 0 Å². The van der Waals surface area contributed by atoms with E-state index in [1.54, 1.807) is 0 Å². The second-order valence-corrected chi connectivity index (χ2v) is 4.16. The third-order valence-corrected chi connectivity index (χ3v) is 2.96. The summed E-state index contributed by atoms with van der Waals surface area (Å²) in [6, 6.07) is -1.55. The molecule has 1 fully saturated rings. The lowest BCUT2D eigenvalue weighted by Gasteiger charge is -2.28. The zero-order valence-electron chi connectivity index (χ0n) is 9.83. The van der Waals surface area contributed by atoms with Crippen LogP contribution in [-0.4, -0.2) is 69.5 Å². The van der Waals surface area contributed by atoms with Crippen molar-refractivity contribution >= 4 is 11.8 Å². The van der Waals surface area contributed by atoms with Crippen LogP contribution < -0.4 is 5.32 Å². The van der Waals surface area contributed by atoms with E-state index < -0.39 is 30.9 Å². The first kappa shape index (κ1) is 13.9. The molecule has 2 amide bonds. The van der Waals surface area contributed by atoms with Crippen molar-refractivity contribution in [2.45, 2.75) is 38.1 Å². The number of rotatable bonds is 3. The van der Waals surface area contributed by atoms with E-state index in [0.29, 0.717) is 0 Å². The molecule has 98 valence electrons. The zero-order valence-corrected chi connectivity index (χ0v) is 9.83. The quantitative estimate of drug-likeness (QED) is 0.438. The Labute approximate surface area is 99.0 Å². The number of aliphatic hydroxyl groups is 3. The Morgan fingerprint density at radius 1 is 1.18 bits per heavy atom. The number of likely N-dealkylation sites (tertiary alicyclic amines) is 1. The average molecular weight is 246 g/mol. The second-order valence-electron chi connectivity index (χ2n) is 4.16. The largest absolute Gasteiger partial charge is 0.394 e. The molecule has 4 atom stereocenters. The first-order valence-electron chi connectivity index (χ1n) is 5.40. The minimum absolute atomic E-state index is 0.0453. The molecule has 1 unspecified atom stereocenters. The standard InChI is InChI=1S/C10H18N2O5/c1-5(14)11-3-7-9(16)10(17)8(4-13)12(7)6(2)15/h7-10,13,16-17H,3-4H2,1-2H3,(H,11,14)/t7?,8-,9-,10-/m1/s1. The van der Waals surface area contributed by atoms with Gasteiger partial charge in [-0.25, -0.2) is 0 Å². The topological polar surface area (TPSA) is 110 Å². The molecule has 0 aliphatic carbocycles. The summed E-state index contributed by atoms with van der Waals surface area (Å²) in [5, 5.41) is 31.1. The number of carbonyl (C=O) groups excluding carboxylic acids is 2. The van der Waals surface area contributed by atoms with Crippen LogP contribution in [-0.2, 0) is 9.59 Å². The highest BCUT2D eigenvalue weighted by Gasteiger charge is 2.48. The zero-order chi connectivity index (χ0) is 13.2. The second kappa shape index (κ2) is 5.44. The van der Waals surface area contributed by atoms with Crippen LogP contribution in [0.4, 0.5) is 0 Å². The lowest BCUT2D eigenvalue weighted by molar-refractivity contribution is -0.134. The Hall–Kier alpha value is -1.18. The van der Waals surface area contributed by atoms with Crippen LogP contribution in [0.2, 0.25) is 0 Å². The van der Waals surface area contributed by atoms with Gasteiger partial charge >= 0.3 is 0 Å². The predicted octanol–water partition coefficient (Wildman–Crippen LogP) is -2.56. The van der Waals surface area contributed by atoms with Crippen molar-refractivity contribution in [1.29, 1.82) is 0 Å². The molecule has 0 bridgehead atoms. The summed E-state index contributed by atoms with van der Waals surface area (Å²) in [6.07, 6.45) is -2.38. The van der Waals surface area contributed by atoms with Crippen LogP contribution in [0.1, 0.15) is 13.8 Å². The Bertz CT molecular complexity index is 309. The van der Waals surface area contributed by atoms with Crippen molar-refractivity contribution < 1.29 is 24.9 Å². The van der Waals surface area contributed by atoms with Gasteiger partial charge in [0.2, 0.25) is 11.8 Å². The molecular weight excluding hydrogens is 228 g/mol. The van der Waals surface area contributed by atoms with E-state index in [0.717, 1.165) is 0 Å². The predicted molar refractivity (Wildman–Crippen MR) is 57.9 cm³/mol. The molecule has 4 N–H and O–H groups in total. The number of amides is 2. The van der Waals surface area contributed by atoms with E-state index >= 15 is 0 Å². The highest BCUT2D eigenvalue weighted by Crippen LogP contribution is 2.24. The van der Waals surface area contributed by atoms with Gasteiger partial charge in [-0.1, -0.05) is 0 Å². The normalized spacial score (nSPS) is 32.6. The molecule has 1 saturated heterocycles. The van der Waals surface area contributed by atoms with Gasteiger partial charge in [-0.3, -0.25) is 9.59 Å². The fourth-order valence-electron chi connectivity index (χ4n) is 2.16. The third kappa shape index (κ3) is 2.74. The molecule has 7 heteroatoms. The van der Waals surface area contributed by atoms with Crippen molar-refractivity contribution in [3.05, 3.63) is 0 Å². The van der Waals surface area contributed by atoms with Crippen LogP contribution in [0.3, 0.4) is 0 Å². The molecule has 7 nitrogen and oxygen atoms in total. The number of aliphatic hydroxyl groups excluding tert-OH is 3. The van der Waals surface area contributed by atoms with Gasteiger partial charge in [0.1, 0.15) is 12.2 Å². The molecule has 1 rings (SSSR count). The van der Waals surface area contributed by atoms with Crippen molar-refractivity contribution in [1.82, 2.24) is 10.2 Å². The van der Waals surface area contributed by atoms with E-state index in [1.807, 2.05) is 0 Å². The SMILES string of the molecule is CC(=O)NCC1[C@@H](O)[C@H](O)[C@@H](CO)N1C(C)=O. The summed E-state index contributed by atoms with van der Waals surface area (Å²) >= 11 is 0. The van der Waals surface area contributed by atoms with Crippen molar-refractivity contribution in [3.63, 3.8) is 0 Å². The monoisotopic (exact) mass is 246 g/mol. The maximum atomic E-state index is 11.4. The van der Waals surface area contributed by atoms with Gasteiger partial charge < -0.3 is 25.5 Å². The number of hydrogen-bond acceptors (Lipinski definition) is 5. The number of nitrogens with one attached hydrogen (secondary N) is 1. The Balaban J connectivity index is 2.84. The van der Waals surface area contributed by atoms with Crippen LogP contribution in [0.25, 0.3) is 0 Å². The van der Waals surface area contributed by atoms with E-state index in [9.17, 15) is 19.8 Å². The minimum Gasteiger partial charge on any atom is -0.394 e. The van der Waals surface area contributed by atoms with E-state index in [-0.39, 0.29) is 18.4 Å². The molecule has 1 heterocycles. The first-order chi connectivity index (χ1) is 7.90. The average Bonchev–Trinajstić information content (AvgIpc) is 2.49. The van der Waals surface area contributed by atoms with E-state index in [2.05, 4.69) is 5.32 Å². The summed E-state index contributed by atoms with van der Waals surface area (Å²) in [5.74, 6) is -0.655. The Kier molecular flexibility index (Phi) is 4.44. The highest BCUT2D eigenvalue weighted by molar-refractivity contribution is 5.75. The molecule has 0 radical (unpaired) electrons. The van der Waals surface area contributed by atoms with Crippen LogP contribution >= 0.6 is 0 Å². The summed E-state index contributed by atoms with van der Waals surface area (Å²) in [4.78, 5) is 23.5. The summed E-state index contributed by atoms with van der Waals surface area (Å²) in [6.45, 7) is 2.21. The smallest absolute Gasteiger partial charge is 0.220 e. The van der Waals surface area contributed by atoms with Gasteiger partial charge in [0.05, 0.1) is 18.7 Å². The molecular formula is C10H18N2O5. The molecule has 17 heavy (non-hydrogen) atoms. The first-order valence-corrected chi connectivity index (χ1v) is 5.40. The number of hydrogen-bond donors (Lipinski definition) is 4. The molecule has 0 spiro atoms. The van der Waals surface area contributed by atoms with Gasteiger partial charge in [-0.05, 0) is 0 Å². The van der Waals surface area contributed by atoms with Crippen molar-refractivity contribution in [2.24, 2.45) is 0 Å². The maximum Gasteiger partial charge on any atom is 0.220 e. The molecule has 0 aromatic carbocycles. The van der Waals surface area contributed by atoms with Crippen LogP contribution in [0.5, 0.6) is 0 Å². The number of nitrogens with zero attached hydrogens (tertiary/aromatic N) is 1. The van der Waals surface area contributed by atoms with E-state index in [4.69, 9.17) is 5.11 Å². The number of carbonyl (C=O) groups is 2. The fraction of sp³-hybridized carbons (Fsp3) is 0.800. The summed E-state index contributed by atoms with van der Waals surface area (Å²) in [7, 11) is 0. The third-order valence-electron chi connectivity index (χ3n) is 2.96. The molecule has 1 aliphatic heterocycles. The lowest BCUT2D eigenvalue weighted by atomic mass is 10.1. The Morgan fingerprint density at radius 2 is 1.71 bits per heavy atom. The van der Waals surface area contributed by atoms with E-state index in [1.165, 1.54) is 18.7 Å². The lowest BCUT2D eigenvalue weighted by Crippen LogP contribution is -2.49. The van der Waals surface area contributed by atoms with Gasteiger partial charge in [0, 0.05) is 20.4 Å². The molecule has 0 saturated carbocycles. The highest BCUT2D eigenvalue weighted by atomic mass is 16.3. The summed E-state index contributed by atoms with van der Waals surface area (Å²) < 4.78 is 0. The van der Waals surface area contributed by atoms with Crippen molar-refractivity contribution in [3.8, 4) is 0 Å². The fourth-order valence-corrected chi connectivity index (χ4v) is 2.16. The maximum absolute atomic E-state index is 11.4.